The second-order valence-electron chi connectivity index (χ2n) is 4.49. The minimum atomic E-state index is -5.12. The Labute approximate surface area is 147 Å². The van der Waals surface area contributed by atoms with E-state index in [9.17, 15) is 27.7 Å². The molecular weight excluding hydrogens is 311 g/mol. The van der Waals surface area contributed by atoms with E-state index in [1.807, 2.05) is 0 Å². The van der Waals surface area contributed by atoms with E-state index in [2.05, 4.69) is 6.92 Å². The number of aliphatic carboxylic acids is 1. The number of unbranched alkanes of at least 4 members (excludes halogenated alkanes) is 5. The van der Waals surface area contributed by atoms with Crippen molar-refractivity contribution in [2.45, 2.75) is 57.1 Å². The normalized spacial score (nSPS) is 12.3. The molecule has 0 aliphatic heterocycles. The molecule has 0 fully saturated rings. The third kappa shape index (κ3) is 12.1. The Bertz CT molecular complexity index is 408. The fourth-order valence-electron chi connectivity index (χ4n) is 1.58. The molecule has 9 heteroatoms. The Morgan fingerprint density at radius 3 is 2.10 bits per heavy atom. The van der Waals surface area contributed by atoms with Crippen LogP contribution >= 0.6 is 0 Å². The molecule has 0 radical (unpaired) electrons. The molecule has 21 heavy (non-hydrogen) atoms. The van der Waals surface area contributed by atoms with E-state index in [4.69, 9.17) is 4.74 Å². The molecule has 0 rings (SSSR count). The van der Waals surface area contributed by atoms with Gasteiger partial charge in [0.2, 0.25) is 0 Å². The summed E-state index contributed by atoms with van der Waals surface area (Å²) in [6, 6.07) is 0. The SMILES string of the molecule is CCCCCCCCOC(=O)CC(C(=O)[O-])S(=O)(=O)[O-].[Na+]. The van der Waals surface area contributed by atoms with Crippen LogP contribution in [0, 0.1) is 0 Å². The maximum absolute atomic E-state index is 11.2. The molecule has 0 aliphatic carbocycles. The first-order valence-electron chi connectivity index (χ1n) is 6.60. The number of esters is 1. The summed E-state index contributed by atoms with van der Waals surface area (Å²) in [4.78, 5) is 21.7. The van der Waals surface area contributed by atoms with Crippen molar-refractivity contribution in [3.05, 3.63) is 0 Å². The average molecular weight is 331 g/mol. The van der Waals surface area contributed by atoms with Gasteiger partial charge in [-0.15, -0.1) is 0 Å². The molecule has 0 amide bonds. The first kappa shape index (κ1) is 23.1. The van der Waals surface area contributed by atoms with Gasteiger partial charge in [-0.1, -0.05) is 39.0 Å². The smallest absolute Gasteiger partial charge is 0.747 e. The number of carbonyl (C=O) groups is 2. The predicted octanol–water partition coefficient (Wildman–Crippen LogP) is -3.05. The summed E-state index contributed by atoms with van der Waals surface area (Å²) in [5.74, 6) is -3.11. The largest absolute Gasteiger partial charge is 1.00 e. The second-order valence-corrected chi connectivity index (χ2v) is 6.05. The fourth-order valence-corrected chi connectivity index (χ4v) is 2.16. The second kappa shape index (κ2) is 12.4. The minimum absolute atomic E-state index is 0. The number of hydrogen-bond acceptors (Lipinski definition) is 7. The summed E-state index contributed by atoms with van der Waals surface area (Å²) in [6.07, 6.45) is 4.88. The molecule has 0 aromatic rings. The van der Waals surface area contributed by atoms with E-state index in [1.54, 1.807) is 0 Å². The number of ether oxygens (including phenoxy) is 1. The van der Waals surface area contributed by atoms with Gasteiger partial charge in [-0.2, -0.15) is 0 Å². The van der Waals surface area contributed by atoms with Crippen molar-refractivity contribution in [1.29, 1.82) is 0 Å². The Morgan fingerprint density at radius 2 is 1.62 bits per heavy atom. The Morgan fingerprint density at radius 1 is 1.10 bits per heavy atom. The van der Waals surface area contributed by atoms with Gasteiger partial charge in [0.25, 0.3) is 0 Å². The predicted molar refractivity (Wildman–Crippen MR) is 67.4 cm³/mol. The third-order valence-electron chi connectivity index (χ3n) is 2.72. The van der Waals surface area contributed by atoms with Gasteiger partial charge in [-0.3, -0.25) is 4.79 Å². The summed E-state index contributed by atoms with van der Waals surface area (Å²) < 4.78 is 36.5. The molecule has 0 saturated heterocycles. The van der Waals surface area contributed by atoms with Crippen molar-refractivity contribution < 1.29 is 62.0 Å². The average Bonchev–Trinajstić information content (AvgIpc) is 2.33. The molecular formula is C12H20NaO7S-. The first-order valence-corrected chi connectivity index (χ1v) is 8.07. The molecule has 0 aromatic carbocycles. The van der Waals surface area contributed by atoms with Crippen molar-refractivity contribution in [3.8, 4) is 0 Å². The Kier molecular flexibility index (Phi) is 13.7. The van der Waals surface area contributed by atoms with E-state index in [1.165, 1.54) is 0 Å². The Hall–Kier alpha value is -0.150. The van der Waals surface area contributed by atoms with E-state index >= 15 is 0 Å². The quantitative estimate of drug-likeness (QED) is 0.170. The van der Waals surface area contributed by atoms with Crippen LogP contribution in [0.5, 0.6) is 0 Å². The molecule has 7 nitrogen and oxygen atoms in total. The molecule has 1 atom stereocenters. The molecule has 1 unspecified atom stereocenters. The molecule has 0 N–H and O–H groups in total. The summed E-state index contributed by atoms with van der Waals surface area (Å²) in [5, 5.41) is 8.07. The van der Waals surface area contributed by atoms with E-state index in [0.717, 1.165) is 32.1 Å². The minimum Gasteiger partial charge on any atom is -0.747 e. The number of carboxylic acid groups (broad SMARTS) is 1. The molecule has 0 saturated carbocycles. The summed E-state index contributed by atoms with van der Waals surface area (Å²) in [5.41, 5.74) is 0. The van der Waals surface area contributed by atoms with Gasteiger partial charge < -0.3 is 19.2 Å². The fraction of sp³-hybridized carbons (Fsp3) is 0.833. The van der Waals surface area contributed by atoms with Crippen LogP contribution in [0.1, 0.15) is 51.9 Å². The van der Waals surface area contributed by atoms with Gasteiger partial charge in [-0.25, -0.2) is 8.42 Å². The number of hydrogen-bond donors (Lipinski definition) is 0. The molecule has 0 aromatic heterocycles. The van der Waals surface area contributed by atoms with Crippen LogP contribution in [0.25, 0.3) is 0 Å². The topological polar surface area (TPSA) is 124 Å². The zero-order chi connectivity index (χ0) is 15.6. The van der Waals surface area contributed by atoms with Gasteiger partial charge in [0.05, 0.1) is 24.2 Å². The molecule has 0 aliphatic rings. The maximum Gasteiger partial charge on any atom is 1.00 e. The Balaban J connectivity index is 0. The van der Waals surface area contributed by atoms with Crippen LogP contribution in [-0.4, -0.2) is 36.8 Å². The van der Waals surface area contributed by atoms with Gasteiger partial charge in [0.1, 0.15) is 10.1 Å². The van der Waals surface area contributed by atoms with Crippen LogP contribution in [0.15, 0.2) is 0 Å². The third-order valence-corrected chi connectivity index (χ3v) is 3.78. The van der Waals surface area contributed by atoms with Crippen LogP contribution in [0.3, 0.4) is 0 Å². The molecule has 118 valence electrons. The zero-order valence-corrected chi connectivity index (χ0v) is 15.3. The van der Waals surface area contributed by atoms with E-state index < -0.39 is 33.7 Å². The van der Waals surface area contributed by atoms with Crippen molar-refractivity contribution in [1.82, 2.24) is 0 Å². The number of rotatable bonds is 11. The zero-order valence-electron chi connectivity index (χ0n) is 12.5. The van der Waals surface area contributed by atoms with Crippen molar-refractivity contribution in [3.63, 3.8) is 0 Å². The van der Waals surface area contributed by atoms with Gasteiger partial charge in [0, 0.05) is 0 Å². The van der Waals surface area contributed by atoms with Crippen molar-refractivity contribution >= 4 is 22.1 Å². The van der Waals surface area contributed by atoms with Crippen molar-refractivity contribution in [2.24, 2.45) is 0 Å². The standard InChI is InChI=1S/C12H22O7S.Na/c1-2-3-4-5-6-7-8-19-11(13)9-10(12(14)15)20(16,17)18;/h10H,2-9H2,1H3,(H,14,15)(H,16,17,18);/q;+1/p-2. The summed E-state index contributed by atoms with van der Waals surface area (Å²) in [7, 11) is -5.12. The summed E-state index contributed by atoms with van der Waals surface area (Å²) >= 11 is 0. The number of carbonyl (C=O) groups excluding carboxylic acids is 2. The number of carboxylic acids is 1. The van der Waals surface area contributed by atoms with Gasteiger partial charge >= 0.3 is 35.5 Å². The van der Waals surface area contributed by atoms with Crippen LogP contribution in [0.2, 0.25) is 0 Å². The maximum atomic E-state index is 11.2. The van der Waals surface area contributed by atoms with Crippen LogP contribution < -0.4 is 34.7 Å². The summed E-state index contributed by atoms with van der Waals surface area (Å²) in [6.45, 7) is 2.18. The molecule has 0 heterocycles. The van der Waals surface area contributed by atoms with Crippen LogP contribution in [-0.2, 0) is 24.4 Å². The van der Waals surface area contributed by atoms with E-state index in [-0.39, 0.29) is 36.2 Å². The van der Waals surface area contributed by atoms with Gasteiger partial charge in [0.15, 0.2) is 0 Å². The van der Waals surface area contributed by atoms with E-state index in [0.29, 0.717) is 6.42 Å². The monoisotopic (exact) mass is 331 g/mol. The van der Waals surface area contributed by atoms with Crippen LogP contribution in [0.4, 0.5) is 0 Å². The van der Waals surface area contributed by atoms with Crippen molar-refractivity contribution in [2.75, 3.05) is 6.61 Å². The van der Waals surface area contributed by atoms with Gasteiger partial charge in [-0.05, 0) is 6.42 Å². The molecule has 0 spiro atoms. The first-order chi connectivity index (χ1) is 9.29. The molecule has 0 bridgehead atoms.